The van der Waals surface area contributed by atoms with E-state index in [1.165, 1.54) is 6.92 Å². The van der Waals surface area contributed by atoms with Crippen molar-refractivity contribution >= 4 is 23.3 Å². The largest absolute Gasteiger partial charge is 0.493 e. The van der Waals surface area contributed by atoms with Gasteiger partial charge in [0.2, 0.25) is 5.91 Å². The summed E-state index contributed by atoms with van der Waals surface area (Å²) in [4.78, 5) is 38.6. The number of hydrogen-bond acceptors (Lipinski definition) is 5. The van der Waals surface area contributed by atoms with Gasteiger partial charge in [-0.15, -0.1) is 0 Å². The molecule has 1 aliphatic rings. The molecule has 2 aromatic carbocycles. The lowest BCUT2D eigenvalue weighted by Gasteiger charge is -2.20. The quantitative estimate of drug-likeness (QED) is 0.510. The van der Waals surface area contributed by atoms with Crippen molar-refractivity contribution in [2.24, 2.45) is 5.92 Å². The van der Waals surface area contributed by atoms with Crippen LogP contribution in [0, 0.1) is 19.8 Å². The van der Waals surface area contributed by atoms with Gasteiger partial charge in [0.15, 0.2) is 5.78 Å². The minimum atomic E-state index is -0.524. The SMILES string of the molecule is CCOc1ccc(C(C)=O)cc1COC(=O)[C@H]1CC(=O)N(c2cccc(C)c2C)C1. The van der Waals surface area contributed by atoms with Crippen LogP contribution in [0.5, 0.6) is 5.75 Å². The zero-order valence-corrected chi connectivity index (χ0v) is 17.9. The molecule has 0 aliphatic carbocycles. The average Bonchev–Trinajstić information content (AvgIpc) is 3.10. The third kappa shape index (κ3) is 4.53. The van der Waals surface area contributed by atoms with E-state index in [2.05, 4.69) is 0 Å². The molecule has 3 rings (SSSR count). The number of carbonyl (C=O) groups is 3. The maximum Gasteiger partial charge on any atom is 0.311 e. The lowest BCUT2D eigenvalue weighted by molar-refractivity contribution is -0.149. The number of rotatable bonds is 7. The number of carbonyl (C=O) groups excluding carboxylic acids is 3. The predicted molar refractivity (Wildman–Crippen MR) is 114 cm³/mol. The van der Waals surface area contributed by atoms with Gasteiger partial charge in [-0.3, -0.25) is 14.4 Å². The molecule has 6 nitrogen and oxygen atoms in total. The van der Waals surface area contributed by atoms with Crippen LogP contribution in [0.3, 0.4) is 0 Å². The van der Waals surface area contributed by atoms with Crippen LogP contribution in [0.4, 0.5) is 5.69 Å². The van der Waals surface area contributed by atoms with Gasteiger partial charge >= 0.3 is 5.97 Å². The number of Topliss-reactive ketones (excluding diaryl/α,β-unsaturated/α-hetero) is 1. The highest BCUT2D eigenvalue weighted by atomic mass is 16.5. The summed E-state index contributed by atoms with van der Waals surface area (Å²) in [6.07, 6.45) is 0.123. The Morgan fingerprint density at radius 3 is 2.63 bits per heavy atom. The molecular weight excluding hydrogens is 382 g/mol. The lowest BCUT2D eigenvalue weighted by atomic mass is 10.1. The Bertz CT molecular complexity index is 982. The topological polar surface area (TPSA) is 72.9 Å². The number of benzene rings is 2. The van der Waals surface area contributed by atoms with Gasteiger partial charge in [0.1, 0.15) is 12.4 Å². The van der Waals surface area contributed by atoms with Crippen LogP contribution in [0.1, 0.15) is 47.3 Å². The Labute approximate surface area is 176 Å². The smallest absolute Gasteiger partial charge is 0.311 e. The third-order valence-corrected chi connectivity index (χ3v) is 5.46. The van der Waals surface area contributed by atoms with E-state index in [9.17, 15) is 14.4 Å². The zero-order chi connectivity index (χ0) is 21.8. The summed E-state index contributed by atoms with van der Waals surface area (Å²) in [6.45, 7) is 8.06. The van der Waals surface area contributed by atoms with Crippen LogP contribution < -0.4 is 9.64 Å². The van der Waals surface area contributed by atoms with Crippen LogP contribution in [0.25, 0.3) is 0 Å². The maximum atomic E-state index is 12.7. The molecule has 0 aromatic heterocycles. The maximum absolute atomic E-state index is 12.7. The molecule has 30 heavy (non-hydrogen) atoms. The summed E-state index contributed by atoms with van der Waals surface area (Å²) in [5.41, 5.74) is 4.13. The molecule has 0 radical (unpaired) electrons. The number of anilines is 1. The summed E-state index contributed by atoms with van der Waals surface area (Å²) in [5.74, 6) is -0.527. The Kier molecular flexibility index (Phi) is 6.55. The monoisotopic (exact) mass is 409 g/mol. The fraction of sp³-hybridized carbons (Fsp3) is 0.375. The van der Waals surface area contributed by atoms with E-state index in [1.54, 1.807) is 23.1 Å². The second kappa shape index (κ2) is 9.11. The summed E-state index contributed by atoms with van der Waals surface area (Å²) in [6, 6.07) is 10.9. The van der Waals surface area contributed by atoms with Crippen molar-refractivity contribution in [2.75, 3.05) is 18.1 Å². The summed E-state index contributed by atoms with van der Waals surface area (Å²) in [7, 11) is 0. The van der Waals surface area contributed by atoms with E-state index in [-0.39, 0.29) is 24.7 Å². The van der Waals surface area contributed by atoms with Gasteiger partial charge in [0, 0.05) is 29.8 Å². The predicted octanol–water partition coefficient (Wildman–Crippen LogP) is 4.00. The Morgan fingerprint density at radius 1 is 1.17 bits per heavy atom. The van der Waals surface area contributed by atoms with Gasteiger partial charge in [-0.1, -0.05) is 12.1 Å². The molecule has 1 atom stereocenters. The first-order valence-corrected chi connectivity index (χ1v) is 10.1. The van der Waals surface area contributed by atoms with Crippen LogP contribution in [-0.2, 0) is 20.9 Å². The van der Waals surface area contributed by atoms with Gasteiger partial charge in [-0.05, 0) is 63.1 Å². The normalized spacial score (nSPS) is 15.9. The molecular formula is C24H27NO5. The van der Waals surface area contributed by atoms with Crippen molar-refractivity contribution in [3.05, 3.63) is 58.7 Å². The first kappa shape index (κ1) is 21.6. The van der Waals surface area contributed by atoms with E-state index in [4.69, 9.17) is 9.47 Å². The number of aryl methyl sites for hydroxylation is 1. The highest BCUT2D eigenvalue weighted by Crippen LogP contribution is 2.30. The van der Waals surface area contributed by atoms with Crippen LogP contribution in [0.15, 0.2) is 36.4 Å². The van der Waals surface area contributed by atoms with E-state index in [1.807, 2.05) is 39.0 Å². The van der Waals surface area contributed by atoms with Crippen molar-refractivity contribution in [3.8, 4) is 5.75 Å². The minimum absolute atomic E-state index is 0.0105. The number of ketones is 1. The first-order chi connectivity index (χ1) is 14.3. The Balaban J connectivity index is 1.70. The van der Waals surface area contributed by atoms with Gasteiger partial charge in [0.25, 0.3) is 0 Å². The van der Waals surface area contributed by atoms with Gasteiger partial charge in [0.05, 0.1) is 12.5 Å². The second-order valence-corrected chi connectivity index (χ2v) is 7.54. The fourth-order valence-electron chi connectivity index (χ4n) is 3.60. The van der Waals surface area contributed by atoms with Gasteiger partial charge in [-0.2, -0.15) is 0 Å². The summed E-state index contributed by atoms with van der Waals surface area (Å²) < 4.78 is 11.1. The number of amides is 1. The molecule has 1 heterocycles. The minimum Gasteiger partial charge on any atom is -0.493 e. The fourth-order valence-corrected chi connectivity index (χ4v) is 3.60. The molecule has 0 saturated carbocycles. The molecule has 158 valence electrons. The van der Waals surface area contributed by atoms with Crippen molar-refractivity contribution < 1.29 is 23.9 Å². The van der Waals surface area contributed by atoms with Crippen molar-refractivity contribution in [3.63, 3.8) is 0 Å². The van der Waals surface area contributed by atoms with Crippen LogP contribution in [-0.4, -0.2) is 30.8 Å². The molecule has 0 unspecified atom stereocenters. The van der Waals surface area contributed by atoms with E-state index in [0.717, 1.165) is 16.8 Å². The van der Waals surface area contributed by atoms with E-state index >= 15 is 0 Å². The van der Waals surface area contributed by atoms with Crippen molar-refractivity contribution in [2.45, 2.75) is 40.7 Å². The number of esters is 1. The zero-order valence-electron chi connectivity index (χ0n) is 17.9. The molecule has 1 fully saturated rings. The molecule has 2 aromatic rings. The molecule has 0 spiro atoms. The number of nitrogens with zero attached hydrogens (tertiary/aromatic N) is 1. The van der Waals surface area contributed by atoms with Gasteiger partial charge < -0.3 is 14.4 Å². The molecule has 1 aliphatic heterocycles. The lowest BCUT2D eigenvalue weighted by Crippen LogP contribution is -2.27. The van der Waals surface area contributed by atoms with Crippen molar-refractivity contribution in [1.29, 1.82) is 0 Å². The molecule has 1 amide bonds. The molecule has 0 bridgehead atoms. The first-order valence-electron chi connectivity index (χ1n) is 10.1. The second-order valence-electron chi connectivity index (χ2n) is 7.54. The standard InChI is InChI=1S/C24H27NO5/c1-5-29-22-10-9-18(17(4)26)11-20(22)14-30-24(28)19-12-23(27)25(13-19)21-8-6-7-15(2)16(21)3/h6-11,19H,5,12-14H2,1-4H3/t19-/m0/s1. The number of ether oxygens (including phenoxy) is 2. The van der Waals surface area contributed by atoms with Gasteiger partial charge in [-0.25, -0.2) is 0 Å². The van der Waals surface area contributed by atoms with E-state index in [0.29, 0.717) is 30.0 Å². The summed E-state index contributed by atoms with van der Waals surface area (Å²) in [5, 5.41) is 0. The van der Waals surface area contributed by atoms with E-state index < -0.39 is 11.9 Å². The molecule has 0 N–H and O–H groups in total. The summed E-state index contributed by atoms with van der Waals surface area (Å²) >= 11 is 0. The Morgan fingerprint density at radius 2 is 1.93 bits per heavy atom. The molecule has 1 saturated heterocycles. The highest BCUT2D eigenvalue weighted by molar-refractivity contribution is 6.00. The average molecular weight is 409 g/mol. The highest BCUT2D eigenvalue weighted by Gasteiger charge is 2.36. The Hall–Kier alpha value is -3.15. The van der Waals surface area contributed by atoms with Crippen molar-refractivity contribution in [1.82, 2.24) is 0 Å². The third-order valence-electron chi connectivity index (χ3n) is 5.46. The molecule has 6 heteroatoms. The number of hydrogen-bond donors (Lipinski definition) is 0. The van der Waals surface area contributed by atoms with Crippen LogP contribution in [0.2, 0.25) is 0 Å². The van der Waals surface area contributed by atoms with Crippen LogP contribution >= 0.6 is 0 Å².